The lowest BCUT2D eigenvalue weighted by Crippen LogP contribution is -2.33. The third-order valence-corrected chi connectivity index (χ3v) is 4.63. The summed E-state index contributed by atoms with van der Waals surface area (Å²) in [4.78, 5) is 0. The fourth-order valence-corrected chi connectivity index (χ4v) is 3.46. The average Bonchev–Trinajstić information content (AvgIpc) is 2.54. The van der Waals surface area contributed by atoms with Gasteiger partial charge >= 0.3 is 0 Å². The van der Waals surface area contributed by atoms with Crippen LogP contribution < -0.4 is 5.32 Å². The van der Waals surface area contributed by atoms with Gasteiger partial charge in [-0.25, -0.2) is 0 Å². The Bertz CT molecular complexity index is 561. The van der Waals surface area contributed by atoms with E-state index in [2.05, 4.69) is 66.8 Å². The highest BCUT2D eigenvalue weighted by atomic mass is 14.9. The monoisotopic (exact) mass is 279 g/mol. The summed E-state index contributed by atoms with van der Waals surface area (Å²) in [6.07, 6.45) is 5.27. The van der Waals surface area contributed by atoms with E-state index in [1.807, 2.05) is 0 Å². The van der Waals surface area contributed by atoms with Crippen LogP contribution in [0.4, 0.5) is 0 Å². The van der Waals surface area contributed by atoms with Crippen LogP contribution in [0.2, 0.25) is 0 Å². The lowest BCUT2D eigenvalue weighted by atomic mass is 9.81. The molecule has 1 aliphatic carbocycles. The zero-order chi connectivity index (χ0) is 14.5. The molecule has 21 heavy (non-hydrogen) atoms. The SMILES string of the molecule is Cc1cccc(C2CCCC(NCc3ccccc3)C2)c1. The zero-order valence-electron chi connectivity index (χ0n) is 12.9. The number of hydrogen-bond acceptors (Lipinski definition) is 1. The smallest absolute Gasteiger partial charge is 0.0208 e. The summed E-state index contributed by atoms with van der Waals surface area (Å²) in [6, 6.07) is 20.4. The van der Waals surface area contributed by atoms with Crippen LogP contribution in [0.1, 0.15) is 48.3 Å². The molecule has 0 heterocycles. The first-order valence-corrected chi connectivity index (χ1v) is 8.15. The fourth-order valence-electron chi connectivity index (χ4n) is 3.46. The average molecular weight is 279 g/mol. The van der Waals surface area contributed by atoms with Crippen LogP contribution in [-0.4, -0.2) is 6.04 Å². The van der Waals surface area contributed by atoms with Gasteiger partial charge in [0.15, 0.2) is 0 Å². The molecule has 0 radical (unpaired) electrons. The van der Waals surface area contributed by atoms with E-state index in [1.54, 1.807) is 0 Å². The summed E-state index contributed by atoms with van der Waals surface area (Å²) in [5.74, 6) is 0.729. The van der Waals surface area contributed by atoms with Gasteiger partial charge in [-0.15, -0.1) is 0 Å². The Labute approximate surface area is 128 Å². The van der Waals surface area contributed by atoms with Crippen LogP contribution in [0.5, 0.6) is 0 Å². The molecule has 2 unspecified atom stereocenters. The topological polar surface area (TPSA) is 12.0 Å². The summed E-state index contributed by atoms with van der Waals surface area (Å²) in [5, 5.41) is 3.75. The van der Waals surface area contributed by atoms with Crippen molar-refractivity contribution in [3.63, 3.8) is 0 Å². The van der Waals surface area contributed by atoms with Crippen LogP contribution in [0.25, 0.3) is 0 Å². The van der Waals surface area contributed by atoms with Crippen LogP contribution in [-0.2, 0) is 6.54 Å². The lowest BCUT2D eigenvalue weighted by Gasteiger charge is -2.30. The molecule has 2 aromatic carbocycles. The first-order valence-electron chi connectivity index (χ1n) is 8.15. The first-order chi connectivity index (χ1) is 10.3. The Morgan fingerprint density at radius 3 is 2.67 bits per heavy atom. The number of aryl methyl sites for hydroxylation is 1. The summed E-state index contributed by atoms with van der Waals surface area (Å²) < 4.78 is 0. The van der Waals surface area contributed by atoms with Crippen LogP contribution in [0.3, 0.4) is 0 Å². The highest BCUT2D eigenvalue weighted by molar-refractivity contribution is 5.26. The predicted molar refractivity (Wildman–Crippen MR) is 89.5 cm³/mol. The maximum absolute atomic E-state index is 3.75. The first kappa shape index (κ1) is 14.3. The van der Waals surface area contributed by atoms with Crippen molar-refractivity contribution >= 4 is 0 Å². The highest BCUT2D eigenvalue weighted by Gasteiger charge is 2.22. The Morgan fingerprint density at radius 2 is 1.86 bits per heavy atom. The van der Waals surface area contributed by atoms with Crippen LogP contribution in [0, 0.1) is 6.92 Å². The largest absolute Gasteiger partial charge is 0.310 e. The molecule has 0 amide bonds. The van der Waals surface area contributed by atoms with Crippen molar-refractivity contribution in [3.8, 4) is 0 Å². The minimum atomic E-state index is 0.657. The van der Waals surface area contributed by atoms with E-state index in [9.17, 15) is 0 Å². The summed E-state index contributed by atoms with van der Waals surface area (Å²) in [6.45, 7) is 3.18. The molecule has 1 nitrogen and oxygen atoms in total. The van der Waals surface area contributed by atoms with Gasteiger partial charge in [0.2, 0.25) is 0 Å². The summed E-state index contributed by atoms with van der Waals surface area (Å²) in [7, 11) is 0. The van der Waals surface area contributed by atoms with E-state index in [0.29, 0.717) is 6.04 Å². The van der Waals surface area contributed by atoms with Gasteiger partial charge in [-0.2, -0.15) is 0 Å². The molecule has 1 heteroatoms. The number of hydrogen-bond donors (Lipinski definition) is 1. The molecular formula is C20H25N. The Hall–Kier alpha value is -1.60. The molecule has 1 N–H and O–H groups in total. The minimum Gasteiger partial charge on any atom is -0.310 e. The number of rotatable bonds is 4. The van der Waals surface area contributed by atoms with Crippen LogP contribution in [0.15, 0.2) is 54.6 Å². The van der Waals surface area contributed by atoms with Crippen molar-refractivity contribution in [2.24, 2.45) is 0 Å². The number of nitrogens with one attached hydrogen (secondary N) is 1. The van der Waals surface area contributed by atoms with E-state index in [-0.39, 0.29) is 0 Å². The van der Waals surface area contributed by atoms with Gasteiger partial charge in [-0.3, -0.25) is 0 Å². The second kappa shape index (κ2) is 6.91. The van der Waals surface area contributed by atoms with Crippen molar-refractivity contribution in [1.82, 2.24) is 5.32 Å². The molecule has 1 fully saturated rings. The van der Waals surface area contributed by atoms with Gasteiger partial charge in [-0.1, -0.05) is 66.6 Å². The normalized spacial score (nSPS) is 22.1. The van der Waals surface area contributed by atoms with Crippen molar-refractivity contribution in [3.05, 3.63) is 71.3 Å². The Balaban J connectivity index is 1.58. The predicted octanol–water partition coefficient (Wildman–Crippen LogP) is 4.81. The molecule has 2 atom stereocenters. The second-order valence-corrected chi connectivity index (χ2v) is 6.34. The maximum Gasteiger partial charge on any atom is 0.0208 e. The van der Waals surface area contributed by atoms with Gasteiger partial charge in [0, 0.05) is 12.6 Å². The standard InChI is InChI=1S/C20H25N/c1-16-7-5-10-18(13-16)19-11-6-12-20(14-19)21-15-17-8-3-2-4-9-17/h2-5,7-10,13,19-21H,6,11-12,14-15H2,1H3. The van der Waals surface area contributed by atoms with Gasteiger partial charge in [0.05, 0.1) is 0 Å². The van der Waals surface area contributed by atoms with E-state index in [1.165, 1.54) is 42.4 Å². The fraction of sp³-hybridized carbons (Fsp3) is 0.400. The molecule has 0 saturated heterocycles. The molecule has 2 aromatic rings. The van der Waals surface area contributed by atoms with Crippen molar-refractivity contribution < 1.29 is 0 Å². The van der Waals surface area contributed by atoms with Gasteiger partial charge < -0.3 is 5.32 Å². The van der Waals surface area contributed by atoms with E-state index < -0.39 is 0 Å². The number of benzene rings is 2. The summed E-state index contributed by atoms with van der Waals surface area (Å²) in [5.41, 5.74) is 4.29. The van der Waals surface area contributed by atoms with Gasteiger partial charge in [0.25, 0.3) is 0 Å². The zero-order valence-corrected chi connectivity index (χ0v) is 12.9. The third kappa shape index (κ3) is 3.95. The van der Waals surface area contributed by atoms with Crippen molar-refractivity contribution in [2.45, 2.75) is 51.1 Å². The third-order valence-electron chi connectivity index (χ3n) is 4.63. The Morgan fingerprint density at radius 1 is 1.00 bits per heavy atom. The highest BCUT2D eigenvalue weighted by Crippen LogP contribution is 2.33. The Kier molecular flexibility index (Phi) is 4.72. The molecule has 110 valence electrons. The van der Waals surface area contributed by atoms with Crippen molar-refractivity contribution in [1.29, 1.82) is 0 Å². The van der Waals surface area contributed by atoms with Crippen LogP contribution >= 0.6 is 0 Å². The second-order valence-electron chi connectivity index (χ2n) is 6.34. The molecule has 1 aliphatic rings. The molecule has 0 bridgehead atoms. The molecule has 1 saturated carbocycles. The maximum atomic E-state index is 3.75. The molecule has 0 spiro atoms. The lowest BCUT2D eigenvalue weighted by molar-refractivity contribution is 0.338. The molecular weight excluding hydrogens is 254 g/mol. The molecule has 0 aliphatic heterocycles. The quantitative estimate of drug-likeness (QED) is 0.846. The van der Waals surface area contributed by atoms with E-state index in [0.717, 1.165) is 12.5 Å². The summed E-state index contributed by atoms with van der Waals surface area (Å²) >= 11 is 0. The van der Waals surface area contributed by atoms with Gasteiger partial charge in [-0.05, 0) is 43.2 Å². The van der Waals surface area contributed by atoms with Crippen molar-refractivity contribution in [2.75, 3.05) is 0 Å². The van der Waals surface area contributed by atoms with E-state index >= 15 is 0 Å². The molecule has 0 aromatic heterocycles. The molecule has 3 rings (SSSR count). The van der Waals surface area contributed by atoms with Gasteiger partial charge in [0.1, 0.15) is 0 Å². The van der Waals surface area contributed by atoms with E-state index in [4.69, 9.17) is 0 Å². The minimum absolute atomic E-state index is 0.657.